The number of pyridine rings is 1. The van der Waals surface area contributed by atoms with Crippen molar-refractivity contribution in [2.45, 2.75) is 58.4 Å². The average Bonchev–Trinajstić information content (AvgIpc) is 2.45. The predicted molar refractivity (Wildman–Crippen MR) is 82.1 cm³/mol. The number of hydrogen-bond donors (Lipinski definition) is 1. The Morgan fingerprint density at radius 2 is 2.15 bits per heavy atom. The molecule has 2 rings (SSSR count). The second kappa shape index (κ2) is 7.07. The number of aromatic nitrogens is 1. The molecule has 20 heavy (non-hydrogen) atoms. The van der Waals surface area contributed by atoms with Gasteiger partial charge in [-0.1, -0.05) is 37.8 Å². The zero-order valence-corrected chi connectivity index (χ0v) is 13.0. The number of nitrogens with zero attached hydrogens (tertiary/aromatic N) is 1. The third-order valence-corrected chi connectivity index (χ3v) is 4.52. The van der Waals surface area contributed by atoms with Gasteiger partial charge in [0.15, 0.2) is 0 Å². The van der Waals surface area contributed by atoms with Crippen molar-refractivity contribution in [2.75, 3.05) is 0 Å². The molecule has 1 aliphatic carbocycles. The van der Waals surface area contributed by atoms with Crippen molar-refractivity contribution >= 4 is 17.5 Å². The van der Waals surface area contributed by atoms with Crippen LogP contribution in [0.3, 0.4) is 0 Å². The van der Waals surface area contributed by atoms with E-state index in [1.807, 2.05) is 6.92 Å². The predicted octanol–water partition coefficient (Wildman–Crippen LogP) is 4.13. The van der Waals surface area contributed by atoms with Crippen LogP contribution in [0.25, 0.3) is 0 Å². The van der Waals surface area contributed by atoms with Crippen LogP contribution in [-0.2, 0) is 0 Å². The smallest absolute Gasteiger partial charge is 0.254 e. The highest BCUT2D eigenvalue weighted by atomic mass is 35.5. The number of amides is 1. The first-order valence-corrected chi connectivity index (χ1v) is 7.92. The molecule has 1 amide bonds. The summed E-state index contributed by atoms with van der Waals surface area (Å²) in [5, 5.41) is 3.63. The molecule has 1 aromatic rings. The molecule has 3 nitrogen and oxygen atoms in total. The van der Waals surface area contributed by atoms with Gasteiger partial charge in [-0.2, -0.15) is 0 Å². The van der Waals surface area contributed by atoms with E-state index < -0.39 is 0 Å². The van der Waals surface area contributed by atoms with Crippen molar-refractivity contribution < 1.29 is 4.79 Å². The van der Waals surface area contributed by atoms with Gasteiger partial charge in [0.05, 0.1) is 10.6 Å². The molecule has 0 saturated heterocycles. The monoisotopic (exact) mass is 294 g/mol. The molecule has 4 heteroatoms. The van der Waals surface area contributed by atoms with Gasteiger partial charge in [-0.25, -0.2) is 0 Å². The Labute approximate surface area is 126 Å². The van der Waals surface area contributed by atoms with E-state index in [0.29, 0.717) is 16.5 Å². The van der Waals surface area contributed by atoms with Gasteiger partial charge in [-0.05, 0) is 38.2 Å². The van der Waals surface area contributed by atoms with Gasteiger partial charge in [0.25, 0.3) is 5.91 Å². The molecule has 1 saturated carbocycles. The van der Waals surface area contributed by atoms with Crippen LogP contribution in [0.15, 0.2) is 12.3 Å². The van der Waals surface area contributed by atoms with Gasteiger partial charge in [0, 0.05) is 17.9 Å². The minimum absolute atomic E-state index is 0.0973. The average molecular weight is 295 g/mol. The highest BCUT2D eigenvalue weighted by Gasteiger charge is 2.24. The Kier molecular flexibility index (Phi) is 5.41. The highest BCUT2D eigenvalue weighted by molar-refractivity contribution is 6.33. The summed E-state index contributed by atoms with van der Waals surface area (Å²) in [4.78, 5) is 16.5. The maximum absolute atomic E-state index is 12.4. The number of halogens is 1. The van der Waals surface area contributed by atoms with Crippen LogP contribution in [0.1, 0.15) is 61.5 Å². The van der Waals surface area contributed by atoms with Crippen molar-refractivity contribution in [3.63, 3.8) is 0 Å². The van der Waals surface area contributed by atoms with E-state index in [9.17, 15) is 4.79 Å². The lowest BCUT2D eigenvalue weighted by molar-refractivity contribution is 0.0911. The van der Waals surface area contributed by atoms with Gasteiger partial charge >= 0.3 is 0 Å². The molecule has 0 aliphatic heterocycles. The molecule has 1 atom stereocenters. The number of carbonyl (C=O) groups is 1. The molecular weight excluding hydrogens is 272 g/mol. The normalized spacial score (nSPS) is 17.8. The van der Waals surface area contributed by atoms with Gasteiger partial charge in [0.2, 0.25) is 0 Å². The Morgan fingerprint density at radius 3 is 2.75 bits per heavy atom. The molecular formula is C16H23ClN2O. The minimum Gasteiger partial charge on any atom is -0.349 e. The van der Waals surface area contributed by atoms with Crippen LogP contribution < -0.4 is 5.32 Å². The second-order valence-corrected chi connectivity index (χ2v) is 6.10. The molecule has 1 heterocycles. The first kappa shape index (κ1) is 15.3. The molecule has 0 aromatic carbocycles. The zero-order valence-electron chi connectivity index (χ0n) is 12.3. The summed E-state index contributed by atoms with van der Waals surface area (Å²) in [6, 6.07) is 1.98. The quantitative estimate of drug-likeness (QED) is 0.907. The summed E-state index contributed by atoms with van der Waals surface area (Å²) < 4.78 is 0. The molecule has 0 spiro atoms. The molecule has 1 N–H and O–H groups in total. The zero-order chi connectivity index (χ0) is 14.5. The first-order chi connectivity index (χ1) is 9.61. The summed E-state index contributed by atoms with van der Waals surface area (Å²) in [6.45, 7) is 4.00. The number of aryl methyl sites for hydroxylation is 1. The molecule has 0 bridgehead atoms. The fourth-order valence-corrected chi connectivity index (χ4v) is 3.32. The summed E-state index contributed by atoms with van der Waals surface area (Å²) >= 11 is 6.14. The van der Waals surface area contributed by atoms with Crippen molar-refractivity contribution in [3.8, 4) is 0 Å². The SMILES string of the molecule is CCC(NC(=O)c1cnc(C)cc1Cl)C1CCCCC1. The van der Waals surface area contributed by atoms with Crippen molar-refractivity contribution in [3.05, 3.63) is 28.5 Å². The highest BCUT2D eigenvalue weighted by Crippen LogP contribution is 2.28. The number of hydrogen-bond acceptors (Lipinski definition) is 2. The van der Waals surface area contributed by atoms with E-state index in [1.54, 1.807) is 12.3 Å². The maximum atomic E-state index is 12.4. The Bertz CT molecular complexity index is 470. The van der Waals surface area contributed by atoms with Gasteiger partial charge < -0.3 is 5.32 Å². The molecule has 1 aliphatic rings. The molecule has 0 radical (unpaired) electrons. The van der Waals surface area contributed by atoms with Gasteiger partial charge in [-0.15, -0.1) is 0 Å². The largest absolute Gasteiger partial charge is 0.349 e. The number of rotatable bonds is 4. The van der Waals surface area contributed by atoms with E-state index in [4.69, 9.17) is 11.6 Å². The van der Waals surface area contributed by atoms with Crippen LogP contribution in [0, 0.1) is 12.8 Å². The van der Waals surface area contributed by atoms with Crippen LogP contribution in [-0.4, -0.2) is 16.9 Å². The second-order valence-electron chi connectivity index (χ2n) is 5.69. The Balaban J connectivity index is 2.04. The lowest BCUT2D eigenvalue weighted by Crippen LogP contribution is -2.40. The lowest BCUT2D eigenvalue weighted by atomic mass is 9.83. The fraction of sp³-hybridized carbons (Fsp3) is 0.625. The van der Waals surface area contributed by atoms with Crippen molar-refractivity contribution in [1.29, 1.82) is 0 Å². The number of nitrogens with one attached hydrogen (secondary N) is 1. The fourth-order valence-electron chi connectivity index (χ4n) is 3.03. The Hall–Kier alpha value is -1.09. The standard InChI is InChI=1S/C16H23ClN2O/c1-3-15(12-7-5-4-6-8-12)19-16(20)13-10-18-11(2)9-14(13)17/h9-10,12,15H,3-8H2,1-2H3,(H,19,20). The summed E-state index contributed by atoms with van der Waals surface area (Å²) in [6.07, 6.45) is 8.87. The van der Waals surface area contributed by atoms with E-state index >= 15 is 0 Å². The minimum atomic E-state index is -0.0973. The topological polar surface area (TPSA) is 42.0 Å². The maximum Gasteiger partial charge on any atom is 0.254 e. The van der Waals surface area contributed by atoms with E-state index in [1.165, 1.54) is 32.1 Å². The third kappa shape index (κ3) is 3.72. The molecule has 1 unspecified atom stereocenters. The van der Waals surface area contributed by atoms with Gasteiger partial charge in [-0.3, -0.25) is 9.78 Å². The summed E-state index contributed by atoms with van der Waals surface area (Å²) in [5.74, 6) is 0.509. The van der Waals surface area contributed by atoms with E-state index in [-0.39, 0.29) is 11.9 Å². The Morgan fingerprint density at radius 1 is 1.45 bits per heavy atom. The van der Waals surface area contributed by atoms with E-state index in [0.717, 1.165) is 12.1 Å². The van der Waals surface area contributed by atoms with Gasteiger partial charge in [0.1, 0.15) is 0 Å². The van der Waals surface area contributed by atoms with E-state index in [2.05, 4.69) is 17.2 Å². The van der Waals surface area contributed by atoms with Crippen LogP contribution in [0.5, 0.6) is 0 Å². The van der Waals surface area contributed by atoms with Crippen LogP contribution in [0.4, 0.5) is 0 Å². The number of carbonyl (C=O) groups excluding carboxylic acids is 1. The molecule has 1 aromatic heterocycles. The first-order valence-electron chi connectivity index (χ1n) is 7.54. The molecule has 1 fully saturated rings. The van der Waals surface area contributed by atoms with Crippen LogP contribution in [0.2, 0.25) is 5.02 Å². The third-order valence-electron chi connectivity index (χ3n) is 4.21. The van der Waals surface area contributed by atoms with Crippen molar-refractivity contribution in [1.82, 2.24) is 10.3 Å². The van der Waals surface area contributed by atoms with Crippen LogP contribution >= 0.6 is 11.6 Å². The lowest BCUT2D eigenvalue weighted by Gasteiger charge is -2.30. The molecule has 110 valence electrons. The summed E-state index contributed by atoms with van der Waals surface area (Å²) in [7, 11) is 0. The van der Waals surface area contributed by atoms with Crippen molar-refractivity contribution in [2.24, 2.45) is 5.92 Å². The summed E-state index contributed by atoms with van der Waals surface area (Å²) in [5.41, 5.74) is 1.30.